The number of hydrogen-bond donors (Lipinski definition) is 0. The molecule has 2 nitrogen and oxygen atoms in total. The molecule has 0 saturated heterocycles. The fourth-order valence-corrected chi connectivity index (χ4v) is 3.05. The first kappa shape index (κ1) is 10.7. The lowest BCUT2D eigenvalue weighted by Gasteiger charge is -2.38. The van der Waals surface area contributed by atoms with E-state index in [0.29, 0.717) is 6.61 Å². The second kappa shape index (κ2) is 3.97. The zero-order chi connectivity index (χ0) is 10.9. The van der Waals surface area contributed by atoms with Crippen molar-refractivity contribution in [1.29, 1.82) is 0 Å². The molecule has 15 heavy (non-hydrogen) atoms. The van der Waals surface area contributed by atoms with Crippen LogP contribution in [0.4, 0.5) is 0 Å². The Kier molecular flexibility index (Phi) is 2.83. The summed E-state index contributed by atoms with van der Waals surface area (Å²) in [5, 5.41) is 1.99. The van der Waals surface area contributed by atoms with Crippen molar-refractivity contribution in [3.63, 3.8) is 0 Å². The minimum Gasteiger partial charge on any atom is -0.462 e. The number of thiophene rings is 1. The largest absolute Gasteiger partial charge is 0.462 e. The molecular weight excluding hydrogens is 208 g/mol. The third kappa shape index (κ3) is 1.81. The van der Waals surface area contributed by atoms with Gasteiger partial charge in [0.2, 0.25) is 0 Å². The molecule has 0 N–H and O–H groups in total. The van der Waals surface area contributed by atoms with Crippen molar-refractivity contribution in [2.45, 2.75) is 38.5 Å². The molecule has 1 saturated carbocycles. The van der Waals surface area contributed by atoms with E-state index in [-0.39, 0.29) is 11.4 Å². The van der Waals surface area contributed by atoms with Crippen LogP contribution in [0.15, 0.2) is 11.4 Å². The molecule has 82 valence electrons. The van der Waals surface area contributed by atoms with Gasteiger partial charge in [0, 0.05) is 0 Å². The molecule has 0 unspecified atom stereocenters. The second-order valence-corrected chi connectivity index (χ2v) is 5.21. The van der Waals surface area contributed by atoms with Crippen molar-refractivity contribution in [3.05, 3.63) is 21.9 Å². The van der Waals surface area contributed by atoms with Crippen LogP contribution in [0, 0.1) is 0 Å². The predicted molar refractivity (Wildman–Crippen MR) is 61.5 cm³/mol. The van der Waals surface area contributed by atoms with Crippen LogP contribution in [0.3, 0.4) is 0 Å². The van der Waals surface area contributed by atoms with Crippen LogP contribution in [0.2, 0.25) is 0 Å². The maximum atomic E-state index is 11.7. The third-order valence-electron chi connectivity index (χ3n) is 3.23. The highest BCUT2D eigenvalue weighted by molar-refractivity contribution is 7.12. The molecular formula is C12H16O2S. The minimum atomic E-state index is -0.157. The predicted octanol–water partition coefficient (Wildman–Crippen LogP) is 3.37. The first-order valence-corrected chi connectivity index (χ1v) is 6.30. The Labute approximate surface area is 94.3 Å². The van der Waals surface area contributed by atoms with E-state index in [1.807, 2.05) is 12.3 Å². The van der Waals surface area contributed by atoms with Gasteiger partial charge in [-0.15, -0.1) is 11.3 Å². The van der Waals surface area contributed by atoms with Gasteiger partial charge in [-0.1, -0.05) is 13.3 Å². The van der Waals surface area contributed by atoms with Gasteiger partial charge in [-0.3, -0.25) is 0 Å². The number of carbonyl (C=O) groups excluding carboxylic acids is 1. The van der Waals surface area contributed by atoms with Crippen molar-refractivity contribution < 1.29 is 9.53 Å². The van der Waals surface area contributed by atoms with Gasteiger partial charge in [-0.2, -0.15) is 0 Å². The molecule has 1 aromatic rings. The highest BCUT2D eigenvalue weighted by Gasteiger charge is 2.37. The van der Waals surface area contributed by atoms with Crippen molar-refractivity contribution in [3.8, 4) is 0 Å². The van der Waals surface area contributed by atoms with Crippen LogP contribution in [0.5, 0.6) is 0 Å². The summed E-state index contributed by atoms with van der Waals surface area (Å²) in [6.07, 6.45) is 3.65. The molecule has 0 spiro atoms. The first-order chi connectivity index (χ1) is 7.17. The zero-order valence-corrected chi connectivity index (χ0v) is 10.0. The van der Waals surface area contributed by atoms with E-state index in [4.69, 9.17) is 4.74 Å². The van der Waals surface area contributed by atoms with Crippen LogP contribution < -0.4 is 0 Å². The maximum Gasteiger partial charge on any atom is 0.348 e. The van der Waals surface area contributed by atoms with E-state index in [1.165, 1.54) is 36.2 Å². The molecule has 1 aromatic heterocycles. The summed E-state index contributed by atoms with van der Waals surface area (Å²) in [5.74, 6) is -0.157. The molecule has 1 aliphatic carbocycles. The quantitative estimate of drug-likeness (QED) is 0.736. The molecule has 0 bridgehead atoms. The van der Waals surface area contributed by atoms with Crippen LogP contribution in [-0.2, 0) is 10.2 Å². The molecule has 2 rings (SSSR count). The lowest BCUT2D eigenvalue weighted by Crippen LogP contribution is -2.31. The van der Waals surface area contributed by atoms with Crippen molar-refractivity contribution in [2.24, 2.45) is 0 Å². The average molecular weight is 224 g/mol. The Morgan fingerprint density at radius 1 is 1.60 bits per heavy atom. The Morgan fingerprint density at radius 3 is 2.87 bits per heavy atom. The molecule has 1 fully saturated rings. The summed E-state index contributed by atoms with van der Waals surface area (Å²) in [6.45, 7) is 4.53. The molecule has 3 heteroatoms. The summed E-state index contributed by atoms with van der Waals surface area (Å²) in [4.78, 5) is 12.5. The van der Waals surface area contributed by atoms with Crippen molar-refractivity contribution >= 4 is 17.3 Å². The van der Waals surface area contributed by atoms with Crippen molar-refractivity contribution in [2.75, 3.05) is 6.61 Å². The minimum absolute atomic E-state index is 0.157. The SMILES string of the molecule is CCOC(=O)c1sccc1C1(C)CCC1. The standard InChI is InChI=1S/C12H16O2S/c1-3-14-11(13)10-9(5-8-15-10)12(2)6-4-7-12/h5,8H,3-4,6-7H2,1-2H3. The molecule has 0 amide bonds. The van der Waals surface area contributed by atoms with Crippen LogP contribution >= 0.6 is 11.3 Å². The van der Waals surface area contributed by atoms with Gasteiger partial charge in [-0.25, -0.2) is 4.79 Å². The van der Waals surface area contributed by atoms with Gasteiger partial charge in [0.15, 0.2) is 0 Å². The van der Waals surface area contributed by atoms with Crippen LogP contribution in [0.25, 0.3) is 0 Å². The first-order valence-electron chi connectivity index (χ1n) is 5.42. The summed E-state index contributed by atoms with van der Waals surface area (Å²) >= 11 is 1.50. The molecule has 0 aliphatic heterocycles. The third-order valence-corrected chi connectivity index (χ3v) is 4.13. The van der Waals surface area contributed by atoms with Gasteiger partial charge in [0.25, 0.3) is 0 Å². The van der Waals surface area contributed by atoms with E-state index >= 15 is 0 Å². The summed E-state index contributed by atoms with van der Waals surface area (Å²) in [7, 11) is 0. The molecule has 0 aromatic carbocycles. The topological polar surface area (TPSA) is 26.3 Å². The molecule has 0 atom stereocenters. The zero-order valence-electron chi connectivity index (χ0n) is 9.21. The number of hydrogen-bond acceptors (Lipinski definition) is 3. The van der Waals surface area contributed by atoms with Gasteiger partial charge in [0.05, 0.1) is 6.61 Å². The summed E-state index contributed by atoms with van der Waals surface area (Å²) in [6, 6.07) is 2.08. The normalized spacial score (nSPS) is 18.3. The van der Waals surface area contributed by atoms with Gasteiger partial charge >= 0.3 is 5.97 Å². The number of rotatable bonds is 3. The number of esters is 1. The Bertz CT molecular complexity index is 363. The highest BCUT2D eigenvalue weighted by Crippen LogP contribution is 2.45. The Balaban J connectivity index is 2.25. The second-order valence-electron chi connectivity index (χ2n) is 4.30. The molecule has 1 heterocycles. The number of ether oxygens (including phenoxy) is 1. The summed E-state index contributed by atoms with van der Waals surface area (Å²) < 4.78 is 5.06. The molecule has 1 aliphatic rings. The van der Waals surface area contributed by atoms with Gasteiger partial charge < -0.3 is 4.74 Å². The maximum absolute atomic E-state index is 11.7. The average Bonchev–Trinajstić information content (AvgIpc) is 2.63. The summed E-state index contributed by atoms with van der Waals surface area (Å²) in [5.41, 5.74) is 1.42. The Morgan fingerprint density at radius 2 is 2.33 bits per heavy atom. The fourth-order valence-electron chi connectivity index (χ4n) is 2.12. The van der Waals surface area contributed by atoms with Crippen LogP contribution in [-0.4, -0.2) is 12.6 Å². The van der Waals surface area contributed by atoms with E-state index in [9.17, 15) is 4.79 Å². The molecule has 0 radical (unpaired) electrons. The Hall–Kier alpha value is -0.830. The monoisotopic (exact) mass is 224 g/mol. The van der Waals surface area contributed by atoms with Gasteiger partial charge in [0.1, 0.15) is 4.88 Å². The highest BCUT2D eigenvalue weighted by atomic mass is 32.1. The van der Waals surface area contributed by atoms with Gasteiger partial charge in [-0.05, 0) is 42.2 Å². The number of carbonyl (C=O) groups is 1. The van der Waals surface area contributed by atoms with Crippen LogP contribution in [0.1, 0.15) is 48.3 Å². The van der Waals surface area contributed by atoms with E-state index in [1.54, 1.807) is 0 Å². The lowest BCUT2D eigenvalue weighted by atomic mass is 9.66. The smallest absolute Gasteiger partial charge is 0.348 e. The fraction of sp³-hybridized carbons (Fsp3) is 0.583. The van der Waals surface area contributed by atoms with E-state index in [2.05, 4.69) is 13.0 Å². The lowest BCUT2D eigenvalue weighted by molar-refractivity contribution is 0.0527. The van der Waals surface area contributed by atoms with E-state index < -0.39 is 0 Å². The van der Waals surface area contributed by atoms with E-state index in [0.717, 1.165) is 4.88 Å². The van der Waals surface area contributed by atoms with Crippen molar-refractivity contribution in [1.82, 2.24) is 0 Å².